The first-order valence-electron chi connectivity index (χ1n) is 5.73. The van der Waals surface area contributed by atoms with Crippen LogP contribution in [0.25, 0.3) is 0 Å². The summed E-state index contributed by atoms with van der Waals surface area (Å²) >= 11 is 3.55. The van der Waals surface area contributed by atoms with Crippen LogP contribution in [0.1, 0.15) is 23.5 Å². The van der Waals surface area contributed by atoms with E-state index in [1.54, 1.807) is 4.68 Å². The normalized spacial score (nSPS) is 18.3. The minimum atomic E-state index is 0.0341. The molecule has 0 unspecified atom stereocenters. The second-order valence-electron chi connectivity index (χ2n) is 4.40. The minimum Gasteiger partial charge on any atom is -0.311 e. The summed E-state index contributed by atoms with van der Waals surface area (Å²) in [5, 5.41) is 7.10. The second-order valence-corrected chi connectivity index (χ2v) is 5.25. The quantitative estimate of drug-likeness (QED) is 0.880. The van der Waals surface area contributed by atoms with E-state index in [1.165, 1.54) is 0 Å². The maximum atomic E-state index is 11.8. The van der Waals surface area contributed by atoms with Crippen molar-refractivity contribution in [2.45, 2.75) is 12.3 Å². The topological polar surface area (TPSA) is 46.9 Å². The van der Waals surface area contributed by atoms with Crippen LogP contribution in [0.4, 0.5) is 5.82 Å². The third kappa shape index (κ3) is 1.75. The number of amides is 1. The standard InChI is InChI=1S/C13H12BrN3O/c1-17-13-10(7-15-17)9(6-12(18)16-13)8-4-2-3-5-11(8)14/h2-5,7,9H,6H2,1H3,(H,16,18)/t9-/m1/s1. The molecule has 0 radical (unpaired) electrons. The molecule has 5 heteroatoms. The van der Waals surface area contributed by atoms with Crippen molar-refractivity contribution < 1.29 is 4.79 Å². The molecule has 3 rings (SSSR count). The number of carbonyl (C=O) groups is 1. The number of fused-ring (bicyclic) bond motifs is 1. The number of aromatic nitrogens is 2. The third-order valence-corrected chi connectivity index (χ3v) is 3.99. The van der Waals surface area contributed by atoms with Crippen molar-refractivity contribution >= 4 is 27.7 Å². The van der Waals surface area contributed by atoms with Crippen LogP contribution in [0.15, 0.2) is 34.9 Å². The van der Waals surface area contributed by atoms with Gasteiger partial charge in [0.1, 0.15) is 5.82 Å². The van der Waals surface area contributed by atoms with E-state index in [1.807, 2.05) is 37.5 Å². The van der Waals surface area contributed by atoms with Crippen molar-refractivity contribution in [3.63, 3.8) is 0 Å². The first-order valence-corrected chi connectivity index (χ1v) is 6.52. The summed E-state index contributed by atoms with van der Waals surface area (Å²) < 4.78 is 2.73. The Kier molecular flexibility index (Phi) is 2.70. The van der Waals surface area contributed by atoms with Crippen LogP contribution in [0, 0.1) is 0 Å². The van der Waals surface area contributed by atoms with Gasteiger partial charge in [-0.25, -0.2) is 0 Å². The van der Waals surface area contributed by atoms with Gasteiger partial charge in [0.25, 0.3) is 0 Å². The lowest BCUT2D eigenvalue weighted by atomic mass is 9.87. The fraction of sp³-hybridized carbons (Fsp3) is 0.231. The van der Waals surface area contributed by atoms with Crippen molar-refractivity contribution in [3.05, 3.63) is 46.1 Å². The van der Waals surface area contributed by atoms with Gasteiger partial charge in [-0.3, -0.25) is 9.48 Å². The van der Waals surface area contributed by atoms with Crippen molar-refractivity contribution in [2.24, 2.45) is 7.05 Å². The number of halogens is 1. The maximum absolute atomic E-state index is 11.8. The molecule has 1 aliphatic heterocycles. The zero-order valence-corrected chi connectivity index (χ0v) is 11.4. The number of rotatable bonds is 1. The van der Waals surface area contributed by atoms with Gasteiger partial charge in [-0.05, 0) is 11.6 Å². The lowest BCUT2D eigenvalue weighted by Gasteiger charge is -2.24. The molecule has 0 spiro atoms. The van der Waals surface area contributed by atoms with Gasteiger partial charge in [0, 0.05) is 29.4 Å². The Hall–Kier alpha value is -1.62. The van der Waals surface area contributed by atoms with Crippen LogP contribution in [-0.2, 0) is 11.8 Å². The number of anilines is 1. The Morgan fingerprint density at radius 2 is 2.17 bits per heavy atom. The number of nitrogens with one attached hydrogen (secondary N) is 1. The van der Waals surface area contributed by atoms with E-state index in [2.05, 4.69) is 26.3 Å². The molecular formula is C13H12BrN3O. The molecule has 0 saturated carbocycles. The molecule has 1 amide bonds. The number of hydrogen-bond acceptors (Lipinski definition) is 2. The minimum absolute atomic E-state index is 0.0341. The Morgan fingerprint density at radius 3 is 2.94 bits per heavy atom. The van der Waals surface area contributed by atoms with Gasteiger partial charge in [0.15, 0.2) is 0 Å². The van der Waals surface area contributed by atoms with Crippen molar-refractivity contribution in [1.29, 1.82) is 0 Å². The van der Waals surface area contributed by atoms with Crippen molar-refractivity contribution in [3.8, 4) is 0 Å². The van der Waals surface area contributed by atoms with E-state index in [9.17, 15) is 4.79 Å². The number of nitrogens with zero attached hydrogens (tertiary/aromatic N) is 2. The fourth-order valence-corrected chi connectivity index (χ4v) is 2.94. The van der Waals surface area contributed by atoms with Gasteiger partial charge in [0.2, 0.25) is 5.91 Å². The molecule has 4 nitrogen and oxygen atoms in total. The SMILES string of the molecule is Cn1ncc2c1NC(=O)C[C@@H]2c1ccccc1Br. The first-order chi connectivity index (χ1) is 8.66. The third-order valence-electron chi connectivity index (χ3n) is 3.27. The highest BCUT2D eigenvalue weighted by atomic mass is 79.9. The lowest BCUT2D eigenvalue weighted by molar-refractivity contribution is -0.116. The predicted octanol–water partition coefficient (Wildman–Crippen LogP) is 2.66. The van der Waals surface area contributed by atoms with Crippen LogP contribution >= 0.6 is 15.9 Å². The highest BCUT2D eigenvalue weighted by Gasteiger charge is 2.30. The molecule has 1 atom stereocenters. The van der Waals surface area contributed by atoms with E-state index in [0.717, 1.165) is 21.4 Å². The molecule has 2 heterocycles. The number of carbonyl (C=O) groups excluding carboxylic acids is 1. The van der Waals surface area contributed by atoms with Gasteiger partial charge in [-0.2, -0.15) is 5.10 Å². The highest BCUT2D eigenvalue weighted by molar-refractivity contribution is 9.10. The summed E-state index contributed by atoms with van der Waals surface area (Å²) in [5.41, 5.74) is 2.20. The van der Waals surface area contributed by atoms with E-state index in [4.69, 9.17) is 0 Å². The van der Waals surface area contributed by atoms with Gasteiger partial charge in [-0.15, -0.1) is 0 Å². The van der Waals surface area contributed by atoms with Gasteiger partial charge < -0.3 is 5.32 Å². The Balaban J connectivity index is 2.14. The van der Waals surface area contributed by atoms with Crippen LogP contribution < -0.4 is 5.32 Å². The average molecular weight is 306 g/mol. The van der Waals surface area contributed by atoms with Crippen LogP contribution in [0.5, 0.6) is 0 Å². The van der Waals surface area contributed by atoms with E-state index in [0.29, 0.717) is 6.42 Å². The first kappa shape index (κ1) is 11.5. The molecule has 0 aliphatic carbocycles. The van der Waals surface area contributed by atoms with E-state index < -0.39 is 0 Å². The number of benzene rings is 1. The monoisotopic (exact) mass is 305 g/mol. The summed E-state index contributed by atoms with van der Waals surface area (Å²) in [4.78, 5) is 11.8. The largest absolute Gasteiger partial charge is 0.311 e. The van der Waals surface area contributed by atoms with Crippen LogP contribution in [0.3, 0.4) is 0 Å². The predicted molar refractivity (Wildman–Crippen MR) is 72.4 cm³/mol. The van der Waals surface area contributed by atoms with Crippen molar-refractivity contribution in [2.75, 3.05) is 5.32 Å². The second kappa shape index (κ2) is 4.24. The van der Waals surface area contributed by atoms with Gasteiger partial charge >= 0.3 is 0 Å². The van der Waals surface area contributed by atoms with Gasteiger partial charge in [0.05, 0.1) is 6.20 Å². The molecule has 18 heavy (non-hydrogen) atoms. The Morgan fingerprint density at radius 1 is 1.39 bits per heavy atom. The summed E-state index contributed by atoms with van der Waals surface area (Å²) in [6.45, 7) is 0. The van der Waals surface area contributed by atoms with Gasteiger partial charge in [-0.1, -0.05) is 34.1 Å². The van der Waals surface area contributed by atoms with E-state index in [-0.39, 0.29) is 11.8 Å². The fourth-order valence-electron chi connectivity index (χ4n) is 2.38. The highest BCUT2D eigenvalue weighted by Crippen LogP contribution is 2.39. The molecule has 2 aromatic rings. The lowest BCUT2D eigenvalue weighted by Crippen LogP contribution is -2.24. The molecule has 1 aliphatic rings. The molecule has 0 saturated heterocycles. The summed E-state index contributed by atoms with van der Waals surface area (Å²) in [6, 6.07) is 8.01. The summed E-state index contributed by atoms with van der Waals surface area (Å²) in [6.07, 6.45) is 2.29. The molecule has 1 N–H and O–H groups in total. The maximum Gasteiger partial charge on any atom is 0.226 e. The smallest absolute Gasteiger partial charge is 0.226 e. The summed E-state index contributed by atoms with van der Waals surface area (Å²) in [5.74, 6) is 0.900. The molecule has 0 bridgehead atoms. The molecule has 0 fully saturated rings. The molecule has 1 aromatic heterocycles. The van der Waals surface area contributed by atoms with E-state index >= 15 is 0 Å². The molecule has 1 aromatic carbocycles. The zero-order chi connectivity index (χ0) is 12.7. The molecule has 92 valence electrons. The van der Waals surface area contributed by atoms with Crippen LogP contribution in [0.2, 0.25) is 0 Å². The van der Waals surface area contributed by atoms with Crippen molar-refractivity contribution in [1.82, 2.24) is 9.78 Å². The van der Waals surface area contributed by atoms with Crippen LogP contribution in [-0.4, -0.2) is 15.7 Å². The number of hydrogen-bond donors (Lipinski definition) is 1. The molecular weight excluding hydrogens is 294 g/mol. The summed E-state index contributed by atoms with van der Waals surface area (Å²) in [7, 11) is 1.83. The zero-order valence-electron chi connectivity index (χ0n) is 9.85. The Labute approximate surface area is 113 Å². The Bertz CT molecular complexity index is 620. The number of aryl methyl sites for hydroxylation is 1. The average Bonchev–Trinajstić information content (AvgIpc) is 2.71.